The molecule has 1 aliphatic carbocycles. The molecular formula is C20H23ClN4O2S. The summed E-state index contributed by atoms with van der Waals surface area (Å²) in [6, 6.07) is 9.70. The first-order chi connectivity index (χ1) is 13.1. The van der Waals surface area contributed by atoms with Gasteiger partial charge in [-0.3, -0.25) is 0 Å². The van der Waals surface area contributed by atoms with Crippen molar-refractivity contribution in [3.8, 4) is 11.8 Å². The molecule has 0 atom stereocenters. The number of aromatic nitrogens is 2. The largest absolute Gasteiger partial charge is 0.236 e. The van der Waals surface area contributed by atoms with E-state index in [0.29, 0.717) is 30.8 Å². The lowest BCUT2D eigenvalue weighted by molar-refractivity contribution is 0.263. The molecule has 1 aromatic carbocycles. The third kappa shape index (κ3) is 3.57. The van der Waals surface area contributed by atoms with E-state index >= 15 is 0 Å². The predicted molar refractivity (Wildman–Crippen MR) is 108 cm³/mol. The van der Waals surface area contributed by atoms with Crippen molar-refractivity contribution in [3.05, 3.63) is 46.7 Å². The monoisotopic (exact) mass is 418 g/mol. The van der Waals surface area contributed by atoms with Crippen molar-refractivity contribution in [2.75, 3.05) is 12.3 Å². The van der Waals surface area contributed by atoms with E-state index in [-0.39, 0.29) is 17.7 Å². The van der Waals surface area contributed by atoms with Gasteiger partial charge in [0, 0.05) is 24.3 Å². The molecular weight excluding hydrogens is 396 g/mol. The highest BCUT2D eigenvalue weighted by Gasteiger charge is 2.49. The van der Waals surface area contributed by atoms with Crippen LogP contribution in [0, 0.1) is 22.2 Å². The fourth-order valence-electron chi connectivity index (χ4n) is 3.87. The molecule has 0 saturated heterocycles. The number of benzene rings is 1. The summed E-state index contributed by atoms with van der Waals surface area (Å²) in [6.07, 6.45) is 3.74. The molecule has 1 aromatic heterocycles. The van der Waals surface area contributed by atoms with Crippen LogP contribution < -0.4 is 0 Å². The Labute approximate surface area is 170 Å². The molecule has 0 N–H and O–H groups in total. The van der Waals surface area contributed by atoms with E-state index in [0.717, 1.165) is 16.9 Å². The molecule has 28 heavy (non-hydrogen) atoms. The Bertz CT molecular complexity index is 1060. The Kier molecular flexibility index (Phi) is 4.57. The first kappa shape index (κ1) is 19.4. The van der Waals surface area contributed by atoms with Crippen LogP contribution in [0.4, 0.5) is 0 Å². The molecule has 0 amide bonds. The second-order valence-corrected chi connectivity index (χ2v) is 11.1. The van der Waals surface area contributed by atoms with Crippen molar-refractivity contribution >= 4 is 21.6 Å². The average molecular weight is 419 g/mol. The van der Waals surface area contributed by atoms with E-state index in [9.17, 15) is 13.7 Å². The molecule has 148 valence electrons. The van der Waals surface area contributed by atoms with Crippen LogP contribution in [0.5, 0.6) is 0 Å². The normalized spacial score (nSPS) is 20.8. The highest BCUT2D eigenvalue weighted by Crippen LogP contribution is 2.47. The number of fused-ring (bicyclic) bond motifs is 1. The third-order valence-electron chi connectivity index (χ3n) is 5.58. The molecule has 0 radical (unpaired) electrons. The van der Waals surface area contributed by atoms with Gasteiger partial charge in [0.1, 0.15) is 0 Å². The van der Waals surface area contributed by atoms with E-state index < -0.39 is 15.4 Å². The van der Waals surface area contributed by atoms with E-state index in [4.69, 9.17) is 11.6 Å². The molecule has 0 unspecified atom stereocenters. The van der Waals surface area contributed by atoms with Crippen LogP contribution >= 0.6 is 11.6 Å². The van der Waals surface area contributed by atoms with Gasteiger partial charge in [-0.2, -0.15) is 14.7 Å². The quantitative estimate of drug-likeness (QED) is 0.760. The van der Waals surface area contributed by atoms with Crippen molar-refractivity contribution < 1.29 is 8.42 Å². The highest BCUT2D eigenvalue weighted by atomic mass is 35.5. The van der Waals surface area contributed by atoms with Gasteiger partial charge in [-0.15, -0.1) is 0 Å². The fourth-order valence-corrected chi connectivity index (χ4v) is 6.20. The molecule has 0 spiro atoms. The molecule has 0 bridgehead atoms. The first-order valence-corrected chi connectivity index (χ1v) is 11.3. The van der Waals surface area contributed by atoms with Gasteiger partial charge in [0.05, 0.1) is 34.1 Å². The first-order valence-electron chi connectivity index (χ1n) is 9.35. The van der Waals surface area contributed by atoms with Crippen LogP contribution in [0.3, 0.4) is 0 Å². The second-order valence-electron chi connectivity index (χ2n) is 8.74. The minimum atomic E-state index is -3.54. The number of para-hydroxylation sites is 1. The zero-order valence-corrected chi connectivity index (χ0v) is 17.6. The summed E-state index contributed by atoms with van der Waals surface area (Å²) in [5.41, 5.74) is 1.69. The van der Waals surface area contributed by atoms with Crippen LogP contribution in [0.1, 0.15) is 37.9 Å². The van der Waals surface area contributed by atoms with Gasteiger partial charge in [0.2, 0.25) is 10.0 Å². The number of nitriles is 1. The summed E-state index contributed by atoms with van der Waals surface area (Å²) in [4.78, 5) is 0. The molecule has 1 aliphatic heterocycles. The van der Waals surface area contributed by atoms with E-state index in [1.165, 1.54) is 4.31 Å². The molecule has 8 heteroatoms. The summed E-state index contributed by atoms with van der Waals surface area (Å²) in [5.74, 6) is -0.0967. The Morgan fingerprint density at radius 3 is 2.64 bits per heavy atom. The highest BCUT2D eigenvalue weighted by molar-refractivity contribution is 7.89. The topological polar surface area (TPSA) is 79.0 Å². The van der Waals surface area contributed by atoms with Crippen LogP contribution in [0.25, 0.3) is 5.69 Å². The summed E-state index contributed by atoms with van der Waals surface area (Å²) in [7, 11) is -3.54. The van der Waals surface area contributed by atoms with Crippen molar-refractivity contribution in [3.63, 3.8) is 0 Å². The smallest absolute Gasteiger partial charge is 0.216 e. The van der Waals surface area contributed by atoms with E-state index in [1.807, 2.05) is 28.9 Å². The number of hydrogen-bond donors (Lipinski definition) is 0. The van der Waals surface area contributed by atoms with Crippen LogP contribution in [0.2, 0.25) is 5.02 Å². The van der Waals surface area contributed by atoms with Gasteiger partial charge in [0.15, 0.2) is 0 Å². The summed E-state index contributed by atoms with van der Waals surface area (Å²) < 4.78 is 29.6. The second kappa shape index (κ2) is 6.58. The maximum Gasteiger partial charge on any atom is 0.216 e. The van der Waals surface area contributed by atoms with Crippen LogP contribution in [-0.2, 0) is 23.0 Å². The van der Waals surface area contributed by atoms with Crippen molar-refractivity contribution in [2.45, 2.75) is 39.7 Å². The molecule has 1 fully saturated rings. The Morgan fingerprint density at radius 2 is 2.00 bits per heavy atom. The minimum absolute atomic E-state index is 0.0967. The summed E-state index contributed by atoms with van der Waals surface area (Å²) in [5, 5.41) is 14.4. The van der Waals surface area contributed by atoms with Crippen molar-refractivity contribution in [1.82, 2.24) is 14.1 Å². The Balaban J connectivity index is 1.72. The van der Waals surface area contributed by atoms with Crippen LogP contribution in [-0.4, -0.2) is 34.8 Å². The number of sulfonamides is 1. The van der Waals surface area contributed by atoms with Gasteiger partial charge in [0.25, 0.3) is 0 Å². The van der Waals surface area contributed by atoms with E-state index in [2.05, 4.69) is 25.0 Å². The van der Waals surface area contributed by atoms with Crippen LogP contribution in [0.15, 0.2) is 30.5 Å². The zero-order chi connectivity index (χ0) is 20.2. The maximum atomic E-state index is 13.1. The molecule has 2 heterocycles. The number of rotatable bonds is 4. The predicted octanol–water partition coefficient (Wildman–Crippen LogP) is 3.54. The lowest BCUT2D eigenvalue weighted by Gasteiger charge is -2.29. The van der Waals surface area contributed by atoms with Crippen molar-refractivity contribution in [2.24, 2.45) is 10.8 Å². The van der Waals surface area contributed by atoms with Crippen molar-refractivity contribution in [1.29, 1.82) is 5.26 Å². The fraction of sp³-hybridized carbons (Fsp3) is 0.500. The summed E-state index contributed by atoms with van der Waals surface area (Å²) >= 11 is 6.37. The van der Waals surface area contributed by atoms with Gasteiger partial charge < -0.3 is 0 Å². The zero-order valence-electron chi connectivity index (χ0n) is 16.0. The van der Waals surface area contributed by atoms with E-state index in [1.54, 1.807) is 6.20 Å². The average Bonchev–Trinajstić information content (AvgIpc) is 3.32. The van der Waals surface area contributed by atoms with Gasteiger partial charge in [-0.25, -0.2) is 13.1 Å². The standard InChI is InChI=1S/C20H23ClN4O2S/c1-19(2)9-18-15(10-23-25(18)17-6-4-3-5-16(17)21)11-24(13-19)28(26,27)14-20(12-22)7-8-20/h3-6,10H,7-9,11,13-14H2,1-2H3. The lowest BCUT2D eigenvalue weighted by Crippen LogP contribution is -2.40. The van der Waals surface area contributed by atoms with Gasteiger partial charge in [-0.1, -0.05) is 37.6 Å². The Hall–Kier alpha value is -1.88. The number of hydrogen-bond acceptors (Lipinski definition) is 4. The molecule has 2 aliphatic rings. The lowest BCUT2D eigenvalue weighted by atomic mass is 9.88. The molecule has 2 aromatic rings. The maximum absolute atomic E-state index is 13.1. The van der Waals surface area contributed by atoms with Gasteiger partial charge >= 0.3 is 0 Å². The summed E-state index contributed by atoms with van der Waals surface area (Å²) in [6.45, 7) is 4.80. The SMILES string of the molecule is CC1(C)Cc2c(cnn2-c2ccccc2Cl)CN(S(=O)(=O)CC2(C#N)CC2)C1. The minimum Gasteiger partial charge on any atom is -0.236 e. The molecule has 1 saturated carbocycles. The third-order valence-corrected chi connectivity index (χ3v) is 7.86. The molecule has 6 nitrogen and oxygen atoms in total. The van der Waals surface area contributed by atoms with Gasteiger partial charge in [-0.05, 0) is 36.8 Å². The number of nitrogens with zero attached hydrogens (tertiary/aromatic N) is 4. The molecule has 4 rings (SSSR count). The number of halogens is 1. The Morgan fingerprint density at radius 1 is 1.29 bits per heavy atom.